The summed E-state index contributed by atoms with van der Waals surface area (Å²) < 4.78 is 43.3. The van der Waals surface area contributed by atoms with E-state index in [1.54, 1.807) is 13.8 Å². The molecular formula is C14H14F3N5O2. The highest BCUT2D eigenvalue weighted by Gasteiger charge is 2.36. The van der Waals surface area contributed by atoms with Crippen LogP contribution in [0.5, 0.6) is 0 Å². The third-order valence-electron chi connectivity index (χ3n) is 2.92. The lowest BCUT2D eigenvalue weighted by Gasteiger charge is -2.17. The van der Waals surface area contributed by atoms with Crippen LogP contribution >= 0.6 is 0 Å². The van der Waals surface area contributed by atoms with Crippen LogP contribution in [0, 0.1) is 0 Å². The van der Waals surface area contributed by atoms with Crippen LogP contribution in [0.25, 0.3) is 0 Å². The maximum Gasteiger partial charge on any atom is 0.451 e. The lowest BCUT2D eigenvalue weighted by atomic mass is 10.2. The number of alkyl halides is 3. The number of ether oxygens (including phenoxy) is 1. The second-order valence-electron chi connectivity index (χ2n) is 4.67. The molecular weight excluding hydrogens is 327 g/mol. The molecule has 0 aliphatic carbocycles. The predicted molar refractivity (Wildman–Crippen MR) is 77.1 cm³/mol. The summed E-state index contributed by atoms with van der Waals surface area (Å²) in [5.41, 5.74) is 0.278. The van der Waals surface area contributed by atoms with E-state index in [2.05, 4.69) is 25.3 Å². The van der Waals surface area contributed by atoms with Crippen molar-refractivity contribution < 1.29 is 22.7 Å². The molecule has 2 rings (SSSR count). The molecule has 0 aliphatic rings. The van der Waals surface area contributed by atoms with E-state index in [1.165, 1.54) is 18.6 Å². The first kappa shape index (κ1) is 17.6. The molecule has 0 fully saturated rings. The van der Waals surface area contributed by atoms with Crippen LogP contribution in [0.1, 0.15) is 41.8 Å². The topological polar surface area (TPSA) is 89.9 Å². The second-order valence-corrected chi connectivity index (χ2v) is 4.67. The van der Waals surface area contributed by atoms with Gasteiger partial charge in [0.2, 0.25) is 5.82 Å². The van der Waals surface area contributed by atoms with Crippen LogP contribution in [0.4, 0.5) is 19.0 Å². The summed E-state index contributed by atoms with van der Waals surface area (Å²) in [6.07, 6.45) is 0.417. The van der Waals surface area contributed by atoms with Crippen LogP contribution in [0.3, 0.4) is 0 Å². The van der Waals surface area contributed by atoms with Gasteiger partial charge < -0.3 is 10.1 Å². The van der Waals surface area contributed by atoms with Crippen LogP contribution in [0.2, 0.25) is 0 Å². The summed E-state index contributed by atoms with van der Waals surface area (Å²) in [4.78, 5) is 26.4. The van der Waals surface area contributed by atoms with E-state index in [-0.39, 0.29) is 18.0 Å². The number of rotatable bonds is 5. The highest BCUT2D eigenvalue weighted by molar-refractivity contribution is 5.94. The monoisotopic (exact) mass is 341 g/mol. The van der Waals surface area contributed by atoms with Gasteiger partial charge in [0.1, 0.15) is 11.4 Å². The average Bonchev–Trinajstić information content (AvgIpc) is 2.55. The minimum Gasteiger partial charge on any atom is -0.462 e. The van der Waals surface area contributed by atoms with Gasteiger partial charge in [-0.2, -0.15) is 13.2 Å². The molecule has 128 valence electrons. The Bertz CT molecular complexity index is 709. The van der Waals surface area contributed by atoms with E-state index >= 15 is 0 Å². The Morgan fingerprint density at radius 3 is 2.62 bits per heavy atom. The first-order chi connectivity index (χ1) is 11.3. The standard InChI is InChI=1S/C14H14F3N5O2/c1-3-24-12(23)9-6-20-13(14(15,16)17)22-11(9)21-8(2)10-7-18-4-5-19-10/h4-8H,3H2,1-2H3,(H,20,21,22)/t8-/m1/s1. The molecule has 2 heterocycles. The molecule has 0 bridgehead atoms. The minimum absolute atomic E-state index is 0.0685. The van der Waals surface area contributed by atoms with E-state index in [4.69, 9.17) is 4.74 Å². The minimum atomic E-state index is -4.74. The van der Waals surface area contributed by atoms with Crippen LogP contribution < -0.4 is 5.32 Å². The maximum atomic E-state index is 12.8. The third kappa shape index (κ3) is 4.15. The number of hydrogen-bond donors (Lipinski definition) is 1. The summed E-state index contributed by atoms with van der Waals surface area (Å²) in [7, 11) is 0. The number of nitrogens with zero attached hydrogens (tertiary/aromatic N) is 4. The van der Waals surface area contributed by atoms with Crippen molar-refractivity contribution in [1.29, 1.82) is 0 Å². The van der Waals surface area contributed by atoms with Gasteiger partial charge >= 0.3 is 12.1 Å². The van der Waals surface area contributed by atoms with Gasteiger partial charge in [-0.25, -0.2) is 14.8 Å². The van der Waals surface area contributed by atoms with E-state index in [0.29, 0.717) is 5.69 Å². The van der Waals surface area contributed by atoms with Crippen molar-refractivity contribution in [3.63, 3.8) is 0 Å². The summed E-state index contributed by atoms with van der Waals surface area (Å²) in [6.45, 7) is 3.30. The van der Waals surface area contributed by atoms with Gasteiger partial charge in [-0.3, -0.25) is 9.97 Å². The fraction of sp³-hybridized carbons (Fsp3) is 0.357. The molecule has 0 radical (unpaired) electrons. The molecule has 1 N–H and O–H groups in total. The zero-order valence-electron chi connectivity index (χ0n) is 12.8. The molecule has 0 saturated carbocycles. The quantitative estimate of drug-likeness (QED) is 0.836. The SMILES string of the molecule is CCOC(=O)c1cnc(C(F)(F)F)nc1N[C@H](C)c1cnccn1. The van der Waals surface area contributed by atoms with Crippen molar-refractivity contribution in [2.45, 2.75) is 26.1 Å². The zero-order chi connectivity index (χ0) is 17.7. The summed E-state index contributed by atoms with van der Waals surface area (Å²) >= 11 is 0. The molecule has 1 atom stereocenters. The molecule has 24 heavy (non-hydrogen) atoms. The van der Waals surface area contributed by atoms with E-state index in [9.17, 15) is 18.0 Å². The second kappa shape index (κ2) is 7.20. The van der Waals surface area contributed by atoms with Crippen molar-refractivity contribution in [1.82, 2.24) is 19.9 Å². The van der Waals surface area contributed by atoms with Gasteiger partial charge in [0.15, 0.2) is 0 Å². The van der Waals surface area contributed by atoms with Crippen molar-refractivity contribution in [3.8, 4) is 0 Å². The van der Waals surface area contributed by atoms with E-state index in [1.807, 2.05) is 0 Å². The Kier molecular flexibility index (Phi) is 5.27. The molecule has 2 aromatic rings. The molecule has 0 saturated heterocycles. The Labute approximate surface area is 135 Å². The largest absolute Gasteiger partial charge is 0.462 e. The maximum absolute atomic E-state index is 12.8. The summed E-state index contributed by atoms with van der Waals surface area (Å²) in [5.74, 6) is -2.46. The fourth-order valence-corrected chi connectivity index (χ4v) is 1.80. The molecule has 0 aliphatic heterocycles. The van der Waals surface area contributed by atoms with Gasteiger partial charge in [-0.05, 0) is 13.8 Å². The summed E-state index contributed by atoms with van der Waals surface area (Å²) in [6, 6.07) is -0.539. The predicted octanol–water partition coefficient (Wildman–Crippen LogP) is 2.64. The first-order valence-electron chi connectivity index (χ1n) is 6.96. The lowest BCUT2D eigenvalue weighted by Crippen LogP contribution is -2.19. The molecule has 7 nitrogen and oxygen atoms in total. The molecule has 10 heteroatoms. The number of carbonyl (C=O) groups is 1. The van der Waals surface area contributed by atoms with Gasteiger partial charge in [0, 0.05) is 18.6 Å². The average molecular weight is 341 g/mol. The van der Waals surface area contributed by atoms with Crippen LogP contribution in [0.15, 0.2) is 24.8 Å². The van der Waals surface area contributed by atoms with Gasteiger partial charge in [0.05, 0.1) is 24.5 Å². The van der Waals surface area contributed by atoms with Crippen LogP contribution in [-0.4, -0.2) is 32.5 Å². The highest BCUT2D eigenvalue weighted by atomic mass is 19.4. The number of anilines is 1. The van der Waals surface area contributed by atoms with Crippen molar-refractivity contribution in [2.24, 2.45) is 0 Å². The highest BCUT2D eigenvalue weighted by Crippen LogP contribution is 2.28. The van der Waals surface area contributed by atoms with Gasteiger partial charge in [-0.15, -0.1) is 0 Å². The van der Waals surface area contributed by atoms with E-state index < -0.39 is 24.0 Å². The molecule has 0 spiro atoms. The number of aromatic nitrogens is 4. The smallest absolute Gasteiger partial charge is 0.451 e. The molecule has 0 amide bonds. The number of carbonyl (C=O) groups excluding carboxylic acids is 1. The molecule has 2 aromatic heterocycles. The number of esters is 1. The third-order valence-corrected chi connectivity index (χ3v) is 2.92. The Morgan fingerprint density at radius 1 is 1.29 bits per heavy atom. The Balaban J connectivity index is 2.38. The lowest BCUT2D eigenvalue weighted by molar-refractivity contribution is -0.144. The van der Waals surface area contributed by atoms with Gasteiger partial charge in [-0.1, -0.05) is 0 Å². The molecule has 0 aromatic carbocycles. The van der Waals surface area contributed by atoms with Crippen molar-refractivity contribution in [3.05, 3.63) is 41.9 Å². The van der Waals surface area contributed by atoms with Crippen molar-refractivity contribution >= 4 is 11.8 Å². The Hall–Kier alpha value is -2.78. The summed E-state index contributed by atoms with van der Waals surface area (Å²) in [5, 5.41) is 2.72. The van der Waals surface area contributed by atoms with E-state index in [0.717, 1.165) is 6.20 Å². The first-order valence-corrected chi connectivity index (χ1v) is 6.96. The normalized spacial score (nSPS) is 12.5. The number of hydrogen-bond acceptors (Lipinski definition) is 7. The van der Waals surface area contributed by atoms with Gasteiger partial charge in [0.25, 0.3) is 0 Å². The van der Waals surface area contributed by atoms with Crippen LogP contribution in [-0.2, 0) is 10.9 Å². The number of halogens is 3. The molecule has 0 unspecified atom stereocenters. The Morgan fingerprint density at radius 2 is 2.04 bits per heavy atom. The zero-order valence-corrected chi connectivity index (χ0v) is 12.8. The fourth-order valence-electron chi connectivity index (χ4n) is 1.80. The number of nitrogens with one attached hydrogen (secondary N) is 1. The van der Waals surface area contributed by atoms with Crippen molar-refractivity contribution in [2.75, 3.05) is 11.9 Å².